The predicted molar refractivity (Wildman–Crippen MR) is 56.9 cm³/mol. The van der Waals surface area contributed by atoms with Crippen molar-refractivity contribution in [3.8, 4) is 5.75 Å². The van der Waals surface area contributed by atoms with Crippen LogP contribution in [0.4, 0.5) is 26.3 Å². The summed E-state index contributed by atoms with van der Waals surface area (Å²) in [5.41, 5.74) is -3.23. The minimum absolute atomic E-state index is 0.284. The molecule has 0 spiro atoms. The zero-order valence-corrected chi connectivity index (χ0v) is 10.9. The van der Waals surface area contributed by atoms with Crippen LogP contribution in [-0.4, -0.2) is 23.9 Å². The summed E-state index contributed by atoms with van der Waals surface area (Å²) in [6.07, 6.45) is -10.4. The molecule has 1 aromatic heterocycles. The SMILES string of the molecule is CCOC(=O)c1cnc(Cl)c(OC(F)(F)F)c1C(F)(F)F. The Bertz CT molecular complexity index is 543. The molecule has 0 unspecified atom stereocenters. The Labute approximate surface area is 118 Å². The molecule has 0 aliphatic carbocycles. The van der Waals surface area contributed by atoms with Crippen molar-refractivity contribution in [1.29, 1.82) is 0 Å². The van der Waals surface area contributed by atoms with Gasteiger partial charge >= 0.3 is 18.5 Å². The molecule has 0 bridgehead atoms. The van der Waals surface area contributed by atoms with E-state index in [2.05, 4.69) is 14.5 Å². The molecule has 0 aromatic carbocycles. The van der Waals surface area contributed by atoms with Gasteiger partial charge in [-0.3, -0.25) is 0 Å². The van der Waals surface area contributed by atoms with Crippen LogP contribution < -0.4 is 4.74 Å². The van der Waals surface area contributed by atoms with Crippen LogP contribution in [0.2, 0.25) is 5.15 Å². The van der Waals surface area contributed by atoms with Gasteiger partial charge in [0.05, 0.1) is 12.2 Å². The molecular weight excluding hydrogens is 332 g/mol. The van der Waals surface area contributed by atoms with Crippen LogP contribution in [0.3, 0.4) is 0 Å². The van der Waals surface area contributed by atoms with Crippen LogP contribution in [-0.2, 0) is 10.9 Å². The lowest BCUT2D eigenvalue weighted by Gasteiger charge is -2.18. The zero-order valence-electron chi connectivity index (χ0n) is 10.1. The van der Waals surface area contributed by atoms with Gasteiger partial charge in [0.1, 0.15) is 5.56 Å². The van der Waals surface area contributed by atoms with E-state index in [1.54, 1.807) is 0 Å². The number of alkyl halides is 6. The molecule has 0 saturated heterocycles. The summed E-state index contributed by atoms with van der Waals surface area (Å²) >= 11 is 5.21. The second-order valence-electron chi connectivity index (χ2n) is 3.43. The summed E-state index contributed by atoms with van der Waals surface area (Å²) in [5.74, 6) is -3.30. The molecule has 1 heterocycles. The number of rotatable bonds is 3. The number of hydrogen-bond donors (Lipinski definition) is 0. The van der Waals surface area contributed by atoms with Crippen molar-refractivity contribution in [3.63, 3.8) is 0 Å². The summed E-state index contributed by atoms with van der Waals surface area (Å²) in [6, 6.07) is 0. The minimum atomic E-state index is -5.45. The fraction of sp³-hybridized carbons (Fsp3) is 0.400. The Morgan fingerprint density at radius 1 is 1.29 bits per heavy atom. The van der Waals surface area contributed by atoms with Crippen LogP contribution >= 0.6 is 11.6 Å². The first-order chi connectivity index (χ1) is 9.47. The number of aromatic nitrogens is 1. The lowest BCUT2D eigenvalue weighted by molar-refractivity contribution is -0.276. The highest BCUT2D eigenvalue weighted by Gasteiger charge is 2.44. The summed E-state index contributed by atoms with van der Waals surface area (Å²) < 4.78 is 82.9. The highest BCUT2D eigenvalue weighted by Crippen LogP contribution is 2.43. The highest BCUT2D eigenvalue weighted by molar-refractivity contribution is 6.31. The van der Waals surface area contributed by atoms with Crippen LogP contribution in [0.25, 0.3) is 0 Å². The molecule has 0 N–H and O–H groups in total. The molecule has 0 radical (unpaired) electrons. The Balaban J connectivity index is 3.54. The van der Waals surface area contributed by atoms with Gasteiger partial charge in [0.25, 0.3) is 0 Å². The maximum absolute atomic E-state index is 12.9. The second-order valence-corrected chi connectivity index (χ2v) is 3.79. The number of pyridine rings is 1. The van der Waals surface area contributed by atoms with Gasteiger partial charge in [0, 0.05) is 6.20 Å². The summed E-state index contributed by atoms with van der Waals surface area (Å²) in [7, 11) is 0. The average molecular weight is 338 g/mol. The second kappa shape index (κ2) is 5.96. The quantitative estimate of drug-likeness (QED) is 0.478. The van der Waals surface area contributed by atoms with Crippen molar-refractivity contribution in [3.05, 3.63) is 22.5 Å². The van der Waals surface area contributed by atoms with E-state index in [4.69, 9.17) is 11.6 Å². The fourth-order valence-electron chi connectivity index (χ4n) is 1.32. The topological polar surface area (TPSA) is 48.4 Å². The lowest BCUT2D eigenvalue weighted by atomic mass is 10.1. The lowest BCUT2D eigenvalue weighted by Crippen LogP contribution is -2.23. The van der Waals surface area contributed by atoms with Crippen molar-refractivity contribution in [1.82, 2.24) is 4.98 Å². The molecule has 0 aliphatic heterocycles. The molecule has 1 aromatic rings. The van der Waals surface area contributed by atoms with Gasteiger partial charge in [-0.2, -0.15) is 13.2 Å². The number of hydrogen-bond acceptors (Lipinski definition) is 4. The Morgan fingerprint density at radius 3 is 2.29 bits per heavy atom. The summed E-state index contributed by atoms with van der Waals surface area (Å²) in [5, 5.41) is -1.19. The molecule has 118 valence electrons. The molecule has 4 nitrogen and oxygen atoms in total. The molecule has 0 fully saturated rings. The van der Waals surface area contributed by atoms with Crippen molar-refractivity contribution >= 4 is 17.6 Å². The summed E-state index contributed by atoms with van der Waals surface area (Å²) in [4.78, 5) is 14.5. The van der Waals surface area contributed by atoms with Crippen LogP contribution in [0.5, 0.6) is 5.75 Å². The third-order valence-corrected chi connectivity index (χ3v) is 2.26. The number of ether oxygens (including phenoxy) is 2. The minimum Gasteiger partial charge on any atom is -0.462 e. The van der Waals surface area contributed by atoms with E-state index < -0.39 is 40.5 Å². The molecule has 1 rings (SSSR count). The van der Waals surface area contributed by atoms with Gasteiger partial charge in [0.2, 0.25) is 0 Å². The Kier molecular flexibility index (Phi) is 4.92. The maximum Gasteiger partial charge on any atom is 0.573 e. The first-order valence-corrected chi connectivity index (χ1v) is 5.53. The molecule has 0 aliphatic rings. The van der Waals surface area contributed by atoms with Gasteiger partial charge < -0.3 is 9.47 Å². The first-order valence-electron chi connectivity index (χ1n) is 5.16. The van der Waals surface area contributed by atoms with Gasteiger partial charge in [-0.05, 0) is 6.92 Å². The molecule has 0 amide bonds. The van der Waals surface area contributed by atoms with Crippen LogP contribution in [0, 0.1) is 0 Å². The number of carbonyl (C=O) groups excluding carboxylic acids is 1. The van der Waals surface area contributed by atoms with E-state index in [0.717, 1.165) is 0 Å². The van der Waals surface area contributed by atoms with E-state index in [1.165, 1.54) is 6.92 Å². The molecule has 0 atom stereocenters. The normalized spacial score (nSPS) is 12.2. The number of halogens is 7. The fourth-order valence-corrected chi connectivity index (χ4v) is 1.51. The van der Waals surface area contributed by atoms with E-state index >= 15 is 0 Å². The van der Waals surface area contributed by atoms with Crippen LogP contribution in [0.1, 0.15) is 22.8 Å². The smallest absolute Gasteiger partial charge is 0.462 e. The summed E-state index contributed by atoms with van der Waals surface area (Å²) in [6.45, 7) is 1.02. The van der Waals surface area contributed by atoms with E-state index in [9.17, 15) is 31.1 Å². The number of carbonyl (C=O) groups is 1. The van der Waals surface area contributed by atoms with Gasteiger partial charge in [-0.15, -0.1) is 13.2 Å². The predicted octanol–water partition coefficient (Wildman–Crippen LogP) is 3.83. The van der Waals surface area contributed by atoms with E-state index in [0.29, 0.717) is 6.20 Å². The van der Waals surface area contributed by atoms with E-state index in [-0.39, 0.29) is 6.61 Å². The Morgan fingerprint density at radius 2 is 1.86 bits per heavy atom. The van der Waals surface area contributed by atoms with Crippen molar-refractivity contribution in [2.45, 2.75) is 19.5 Å². The van der Waals surface area contributed by atoms with Gasteiger partial charge in [-0.1, -0.05) is 11.6 Å². The third-order valence-electron chi connectivity index (χ3n) is 1.99. The maximum atomic E-state index is 12.9. The average Bonchev–Trinajstić information content (AvgIpc) is 2.28. The highest BCUT2D eigenvalue weighted by atomic mass is 35.5. The Hall–Kier alpha value is -1.71. The van der Waals surface area contributed by atoms with Crippen molar-refractivity contribution < 1.29 is 40.6 Å². The van der Waals surface area contributed by atoms with Crippen molar-refractivity contribution in [2.75, 3.05) is 6.61 Å². The first kappa shape index (κ1) is 17.3. The van der Waals surface area contributed by atoms with Gasteiger partial charge in [0.15, 0.2) is 10.9 Å². The standard InChI is InChI=1S/C10H6ClF6NO3/c1-2-20-8(19)4-3-18-7(11)6(21-10(15,16)17)5(4)9(12,13)14/h3H,2H2,1H3. The largest absolute Gasteiger partial charge is 0.573 e. The van der Waals surface area contributed by atoms with E-state index in [1.807, 2.05) is 0 Å². The molecule has 11 heteroatoms. The molecule has 0 saturated carbocycles. The monoisotopic (exact) mass is 337 g/mol. The van der Waals surface area contributed by atoms with Crippen molar-refractivity contribution in [2.24, 2.45) is 0 Å². The molecular formula is C10H6ClF6NO3. The molecule has 21 heavy (non-hydrogen) atoms. The zero-order chi connectivity index (χ0) is 16.4. The number of esters is 1. The van der Waals surface area contributed by atoms with Crippen LogP contribution in [0.15, 0.2) is 6.20 Å². The third kappa shape index (κ3) is 4.38. The van der Waals surface area contributed by atoms with Gasteiger partial charge in [-0.25, -0.2) is 9.78 Å². The number of nitrogens with zero attached hydrogens (tertiary/aromatic N) is 1.